The van der Waals surface area contributed by atoms with Gasteiger partial charge in [-0.1, -0.05) is 0 Å². The lowest BCUT2D eigenvalue weighted by Gasteiger charge is -2.22. The summed E-state index contributed by atoms with van der Waals surface area (Å²) in [6.07, 6.45) is 3.69. The normalized spacial score (nSPS) is 17.9. The van der Waals surface area contributed by atoms with E-state index in [0.717, 1.165) is 25.9 Å². The Labute approximate surface area is 87.6 Å². The highest BCUT2D eigenvalue weighted by Gasteiger charge is 2.19. The van der Waals surface area contributed by atoms with Crippen LogP contribution in [0.25, 0.3) is 0 Å². The van der Waals surface area contributed by atoms with E-state index in [4.69, 9.17) is 11.5 Å². The summed E-state index contributed by atoms with van der Waals surface area (Å²) in [6.45, 7) is 1.94. The van der Waals surface area contributed by atoms with Gasteiger partial charge in [0.15, 0.2) is 5.69 Å². The fraction of sp³-hybridized carbons (Fsp3) is 0.556. The molecule has 0 bridgehead atoms. The molecular formula is C9H15N5O. The summed E-state index contributed by atoms with van der Waals surface area (Å²) in [4.78, 5) is 11.0. The summed E-state index contributed by atoms with van der Waals surface area (Å²) in [5.41, 5.74) is 11.3. The molecule has 0 radical (unpaired) electrons. The molecule has 1 aromatic heterocycles. The zero-order valence-corrected chi connectivity index (χ0v) is 8.44. The Morgan fingerprint density at radius 3 is 2.73 bits per heavy atom. The highest BCUT2D eigenvalue weighted by atomic mass is 16.1. The molecule has 0 spiro atoms. The van der Waals surface area contributed by atoms with Crippen LogP contribution in [0, 0.1) is 0 Å². The van der Waals surface area contributed by atoms with Crippen molar-refractivity contribution in [3.8, 4) is 0 Å². The number of primary amides is 1. The number of hydrogen-bond acceptors (Lipinski definition) is 4. The Balaban J connectivity index is 2.21. The molecule has 6 nitrogen and oxygen atoms in total. The number of aromatic nitrogens is 2. The predicted octanol–water partition coefficient (Wildman–Crippen LogP) is -0.511. The second-order valence-electron chi connectivity index (χ2n) is 3.76. The van der Waals surface area contributed by atoms with E-state index in [0.29, 0.717) is 11.7 Å². The maximum atomic E-state index is 11.0. The maximum absolute atomic E-state index is 11.0. The smallest absolute Gasteiger partial charge is 0.271 e. The predicted molar refractivity (Wildman–Crippen MR) is 56.3 cm³/mol. The Hall–Kier alpha value is -1.56. The van der Waals surface area contributed by atoms with Crippen LogP contribution in [0.15, 0.2) is 6.20 Å². The first kappa shape index (κ1) is 9.97. The van der Waals surface area contributed by atoms with Gasteiger partial charge in [0.2, 0.25) is 0 Å². The zero-order valence-electron chi connectivity index (χ0n) is 8.44. The summed E-state index contributed by atoms with van der Waals surface area (Å²) in [5.74, 6) is -0.569. The van der Waals surface area contributed by atoms with Crippen LogP contribution in [0.5, 0.6) is 0 Å². The number of piperidine rings is 1. The van der Waals surface area contributed by atoms with Crippen molar-refractivity contribution >= 4 is 11.6 Å². The number of nitrogens with two attached hydrogens (primary N) is 2. The average molecular weight is 209 g/mol. The quantitative estimate of drug-likeness (QED) is 0.610. The van der Waals surface area contributed by atoms with E-state index in [9.17, 15) is 4.79 Å². The summed E-state index contributed by atoms with van der Waals surface area (Å²) in [7, 11) is 0. The third-order valence-electron chi connectivity index (χ3n) is 2.68. The van der Waals surface area contributed by atoms with Crippen LogP contribution < -0.4 is 16.8 Å². The fourth-order valence-electron chi connectivity index (χ4n) is 1.86. The van der Waals surface area contributed by atoms with Crippen molar-refractivity contribution in [3.63, 3.8) is 0 Å². The highest BCUT2D eigenvalue weighted by Crippen LogP contribution is 2.20. The van der Waals surface area contributed by atoms with Crippen molar-refractivity contribution in [1.82, 2.24) is 15.1 Å². The Morgan fingerprint density at radius 1 is 1.53 bits per heavy atom. The van der Waals surface area contributed by atoms with E-state index in [-0.39, 0.29) is 5.69 Å². The van der Waals surface area contributed by atoms with Gasteiger partial charge in [-0.05, 0) is 25.9 Å². The number of hydrogen-bond donors (Lipinski definition) is 3. The number of nitrogens with one attached hydrogen (secondary N) is 1. The molecule has 0 aromatic carbocycles. The topological polar surface area (TPSA) is 99.0 Å². The first-order valence-corrected chi connectivity index (χ1v) is 5.03. The molecule has 1 fully saturated rings. The van der Waals surface area contributed by atoms with Crippen LogP contribution in [-0.4, -0.2) is 28.8 Å². The molecule has 6 heteroatoms. The van der Waals surface area contributed by atoms with Gasteiger partial charge in [-0.25, -0.2) is 0 Å². The molecule has 0 atom stereocenters. The molecule has 2 rings (SSSR count). The number of anilines is 1. The van der Waals surface area contributed by atoms with Crippen LogP contribution in [0.4, 0.5) is 5.69 Å². The van der Waals surface area contributed by atoms with Gasteiger partial charge >= 0.3 is 0 Å². The van der Waals surface area contributed by atoms with Gasteiger partial charge < -0.3 is 16.8 Å². The number of amides is 1. The lowest BCUT2D eigenvalue weighted by molar-refractivity contribution is 0.0995. The van der Waals surface area contributed by atoms with Gasteiger partial charge in [-0.3, -0.25) is 9.48 Å². The second kappa shape index (κ2) is 3.90. The van der Waals surface area contributed by atoms with Gasteiger partial charge in [0, 0.05) is 6.20 Å². The monoisotopic (exact) mass is 209 g/mol. The van der Waals surface area contributed by atoms with Crippen LogP contribution in [0.1, 0.15) is 29.4 Å². The Morgan fingerprint density at radius 2 is 2.20 bits per heavy atom. The molecule has 1 aliphatic heterocycles. The largest absolute Gasteiger partial charge is 0.396 e. The van der Waals surface area contributed by atoms with Crippen molar-refractivity contribution in [2.75, 3.05) is 18.8 Å². The van der Waals surface area contributed by atoms with E-state index in [1.165, 1.54) is 0 Å². The van der Waals surface area contributed by atoms with Crippen molar-refractivity contribution in [2.24, 2.45) is 5.73 Å². The number of nitrogens with zero attached hydrogens (tertiary/aromatic N) is 2. The standard InChI is InChI=1S/C9H15N5O/c10-7-5-14(13-8(7)9(11)15)6-1-3-12-4-2-6/h5-6,12H,1-4,10H2,(H2,11,15). The van der Waals surface area contributed by atoms with Crippen molar-refractivity contribution in [3.05, 3.63) is 11.9 Å². The van der Waals surface area contributed by atoms with Gasteiger partial charge in [0.05, 0.1) is 11.7 Å². The van der Waals surface area contributed by atoms with Gasteiger partial charge in [0.1, 0.15) is 0 Å². The summed E-state index contributed by atoms with van der Waals surface area (Å²) in [5, 5.41) is 7.39. The number of carbonyl (C=O) groups excluding carboxylic acids is 1. The van der Waals surface area contributed by atoms with E-state index in [1.54, 1.807) is 10.9 Å². The van der Waals surface area contributed by atoms with Gasteiger partial charge in [-0.15, -0.1) is 0 Å². The second-order valence-corrected chi connectivity index (χ2v) is 3.76. The molecule has 1 aliphatic rings. The summed E-state index contributed by atoms with van der Waals surface area (Å²) >= 11 is 0. The third-order valence-corrected chi connectivity index (χ3v) is 2.68. The first-order chi connectivity index (χ1) is 7.18. The van der Waals surface area contributed by atoms with E-state index in [2.05, 4.69) is 10.4 Å². The number of nitrogen functional groups attached to an aromatic ring is 1. The Kier molecular flexibility index (Phi) is 2.59. The average Bonchev–Trinajstić information content (AvgIpc) is 2.62. The van der Waals surface area contributed by atoms with E-state index < -0.39 is 5.91 Å². The molecule has 1 aromatic rings. The van der Waals surface area contributed by atoms with Crippen LogP contribution in [-0.2, 0) is 0 Å². The summed E-state index contributed by atoms with van der Waals surface area (Å²) < 4.78 is 1.76. The molecule has 0 unspecified atom stereocenters. The van der Waals surface area contributed by atoms with Gasteiger partial charge in [-0.2, -0.15) is 5.10 Å². The van der Waals surface area contributed by atoms with Crippen LogP contribution in [0.2, 0.25) is 0 Å². The highest BCUT2D eigenvalue weighted by molar-refractivity contribution is 5.95. The number of carbonyl (C=O) groups is 1. The third kappa shape index (κ3) is 1.94. The fourth-order valence-corrected chi connectivity index (χ4v) is 1.86. The molecule has 1 saturated heterocycles. The SMILES string of the molecule is NC(=O)c1nn(C2CCNCC2)cc1N. The maximum Gasteiger partial charge on any atom is 0.271 e. The van der Waals surface area contributed by atoms with Crippen LogP contribution >= 0.6 is 0 Å². The molecule has 5 N–H and O–H groups in total. The molecule has 0 saturated carbocycles. The summed E-state index contributed by atoms with van der Waals surface area (Å²) in [6, 6.07) is 0.321. The van der Waals surface area contributed by atoms with Gasteiger partial charge in [0.25, 0.3) is 5.91 Å². The van der Waals surface area contributed by atoms with Crippen molar-refractivity contribution in [2.45, 2.75) is 18.9 Å². The zero-order chi connectivity index (χ0) is 10.8. The molecule has 2 heterocycles. The minimum atomic E-state index is -0.569. The minimum absolute atomic E-state index is 0.175. The minimum Gasteiger partial charge on any atom is -0.396 e. The molecule has 15 heavy (non-hydrogen) atoms. The molecule has 0 aliphatic carbocycles. The lowest BCUT2D eigenvalue weighted by atomic mass is 10.1. The van der Waals surface area contributed by atoms with E-state index in [1.807, 2.05) is 0 Å². The lowest BCUT2D eigenvalue weighted by Crippen LogP contribution is -2.29. The molecule has 1 amide bonds. The van der Waals surface area contributed by atoms with Crippen molar-refractivity contribution < 1.29 is 4.79 Å². The van der Waals surface area contributed by atoms with E-state index >= 15 is 0 Å². The Bertz CT molecular complexity index is 367. The number of rotatable bonds is 2. The van der Waals surface area contributed by atoms with Crippen LogP contribution in [0.3, 0.4) is 0 Å². The molecule has 82 valence electrons. The van der Waals surface area contributed by atoms with Crippen molar-refractivity contribution in [1.29, 1.82) is 0 Å². The molecular weight excluding hydrogens is 194 g/mol. The first-order valence-electron chi connectivity index (χ1n) is 5.03.